The molecule has 1 N–H and O–H groups in total. The van der Waals surface area contributed by atoms with Crippen LogP contribution in [-0.4, -0.2) is 35.1 Å². The average Bonchev–Trinajstić information content (AvgIpc) is 3.01. The molecule has 3 rings (SSSR count). The van der Waals surface area contributed by atoms with E-state index < -0.39 is 0 Å². The second-order valence-corrected chi connectivity index (χ2v) is 6.05. The molecule has 114 valence electrons. The van der Waals surface area contributed by atoms with Gasteiger partial charge in [-0.1, -0.05) is 0 Å². The number of hydrogen-bond acceptors (Lipinski definition) is 5. The average molecular weight is 290 g/mol. The normalized spacial score (nSPS) is 26.0. The molecule has 6 heteroatoms. The van der Waals surface area contributed by atoms with Crippen molar-refractivity contribution in [3.8, 4) is 0 Å². The topological polar surface area (TPSA) is 71.3 Å². The minimum Gasteiger partial charge on any atom is -0.352 e. The Labute approximate surface area is 124 Å². The predicted molar refractivity (Wildman–Crippen MR) is 81.6 cm³/mol. The van der Waals surface area contributed by atoms with Crippen LogP contribution in [0.5, 0.6) is 0 Å². The lowest BCUT2D eigenvalue weighted by Gasteiger charge is -2.40. The van der Waals surface area contributed by atoms with Crippen molar-refractivity contribution in [2.24, 2.45) is 0 Å². The lowest BCUT2D eigenvalue weighted by Crippen LogP contribution is -2.50. The number of hydrogen-bond donors (Lipinski definition) is 1. The first-order valence-corrected chi connectivity index (χ1v) is 7.78. The SMILES string of the molecule is Cc1cc([N+](=O)[O-])cnc1N1CCCCC1C1CCCN1. The number of piperidine rings is 1. The summed E-state index contributed by atoms with van der Waals surface area (Å²) < 4.78 is 0. The van der Waals surface area contributed by atoms with Crippen LogP contribution in [0.2, 0.25) is 0 Å². The van der Waals surface area contributed by atoms with Crippen LogP contribution in [-0.2, 0) is 0 Å². The quantitative estimate of drug-likeness (QED) is 0.683. The van der Waals surface area contributed by atoms with E-state index in [9.17, 15) is 10.1 Å². The van der Waals surface area contributed by atoms with E-state index in [-0.39, 0.29) is 10.6 Å². The van der Waals surface area contributed by atoms with Gasteiger partial charge in [-0.05, 0) is 51.1 Å². The molecule has 0 radical (unpaired) electrons. The summed E-state index contributed by atoms with van der Waals surface area (Å²) in [6, 6.07) is 2.63. The molecule has 6 nitrogen and oxygen atoms in total. The fourth-order valence-corrected chi connectivity index (χ4v) is 3.63. The van der Waals surface area contributed by atoms with Crippen molar-refractivity contribution in [3.05, 3.63) is 27.9 Å². The Kier molecular flexibility index (Phi) is 4.05. The van der Waals surface area contributed by atoms with Crippen LogP contribution in [0.25, 0.3) is 0 Å². The van der Waals surface area contributed by atoms with Crippen molar-refractivity contribution < 1.29 is 4.92 Å². The largest absolute Gasteiger partial charge is 0.352 e. The Bertz CT molecular complexity index is 528. The zero-order valence-corrected chi connectivity index (χ0v) is 12.4. The van der Waals surface area contributed by atoms with Crippen LogP contribution in [0.1, 0.15) is 37.7 Å². The Morgan fingerprint density at radius 3 is 2.90 bits per heavy atom. The lowest BCUT2D eigenvalue weighted by atomic mass is 9.94. The van der Waals surface area contributed by atoms with Gasteiger partial charge in [-0.25, -0.2) is 4.98 Å². The number of rotatable bonds is 3. The number of nitro groups is 1. The van der Waals surface area contributed by atoms with Crippen molar-refractivity contribution >= 4 is 11.5 Å². The van der Waals surface area contributed by atoms with E-state index >= 15 is 0 Å². The van der Waals surface area contributed by atoms with Crippen LogP contribution >= 0.6 is 0 Å². The highest BCUT2D eigenvalue weighted by Gasteiger charge is 2.33. The van der Waals surface area contributed by atoms with Gasteiger partial charge in [-0.3, -0.25) is 10.1 Å². The number of pyridine rings is 1. The monoisotopic (exact) mass is 290 g/mol. The molecule has 2 aliphatic heterocycles. The van der Waals surface area contributed by atoms with Gasteiger partial charge in [0.15, 0.2) is 0 Å². The third kappa shape index (κ3) is 2.85. The van der Waals surface area contributed by atoms with Gasteiger partial charge in [-0.15, -0.1) is 0 Å². The first-order chi connectivity index (χ1) is 10.2. The molecule has 2 saturated heterocycles. The van der Waals surface area contributed by atoms with E-state index in [1.54, 1.807) is 6.07 Å². The van der Waals surface area contributed by atoms with Crippen molar-refractivity contribution in [1.82, 2.24) is 10.3 Å². The van der Waals surface area contributed by atoms with Crippen LogP contribution in [0.4, 0.5) is 11.5 Å². The van der Waals surface area contributed by atoms with E-state index in [0.717, 1.165) is 24.5 Å². The smallest absolute Gasteiger partial charge is 0.287 e. The predicted octanol–water partition coefficient (Wildman–Crippen LogP) is 2.41. The highest BCUT2D eigenvalue weighted by molar-refractivity contribution is 5.51. The Morgan fingerprint density at radius 1 is 1.38 bits per heavy atom. The highest BCUT2D eigenvalue weighted by Crippen LogP contribution is 2.31. The van der Waals surface area contributed by atoms with Gasteiger partial charge in [0.2, 0.25) is 0 Å². The Morgan fingerprint density at radius 2 is 2.24 bits per heavy atom. The zero-order chi connectivity index (χ0) is 14.8. The molecule has 1 aromatic heterocycles. The third-order valence-corrected chi connectivity index (χ3v) is 4.63. The van der Waals surface area contributed by atoms with Gasteiger partial charge in [-0.2, -0.15) is 0 Å². The van der Waals surface area contributed by atoms with E-state index in [2.05, 4.69) is 15.2 Å². The molecule has 0 spiro atoms. The summed E-state index contributed by atoms with van der Waals surface area (Å²) in [7, 11) is 0. The highest BCUT2D eigenvalue weighted by atomic mass is 16.6. The minimum absolute atomic E-state index is 0.0730. The maximum absolute atomic E-state index is 10.9. The van der Waals surface area contributed by atoms with Crippen molar-refractivity contribution in [2.45, 2.75) is 51.1 Å². The number of nitrogens with zero attached hydrogens (tertiary/aromatic N) is 3. The van der Waals surface area contributed by atoms with Gasteiger partial charge in [0, 0.05) is 24.7 Å². The van der Waals surface area contributed by atoms with Crippen molar-refractivity contribution in [2.75, 3.05) is 18.0 Å². The summed E-state index contributed by atoms with van der Waals surface area (Å²) in [6.45, 7) is 4.01. The van der Waals surface area contributed by atoms with E-state index in [0.29, 0.717) is 12.1 Å². The molecule has 1 aromatic rings. The first-order valence-electron chi connectivity index (χ1n) is 7.78. The number of nitrogens with one attached hydrogen (secondary N) is 1. The summed E-state index contributed by atoms with van der Waals surface area (Å²) >= 11 is 0. The van der Waals surface area contributed by atoms with Gasteiger partial charge in [0.25, 0.3) is 5.69 Å². The molecule has 21 heavy (non-hydrogen) atoms. The van der Waals surface area contributed by atoms with Crippen molar-refractivity contribution in [1.29, 1.82) is 0 Å². The van der Waals surface area contributed by atoms with E-state index in [1.807, 2.05) is 6.92 Å². The number of anilines is 1. The third-order valence-electron chi connectivity index (χ3n) is 4.63. The molecule has 3 heterocycles. The molecule has 0 bridgehead atoms. The molecule has 0 saturated carbocycles. The molecule has 0 aliphatic carbocycles. The molecule has 0 amide bonds. The molecule has 2 fully saturated rings. The van der Waals surface area contributed by atoms with Gasteiger partial charge in [0.05, 0.1) is 4.92 Å². The molecule has 2 aliphatic rings. The molecular weight excluding hydrogens is 268 g/mol. The first kappa shape index (κ1) is 14.3. The number of aryl methyl sites for hydroxylation is 1. The fourth-order valence-electron chi connectivity index (χ4n) is 3.63. The summed E-state index contributed by atoms with van der Waals surface area (Å²) in [4.78, 5) is 17.2. The minimum atomic E-state index is -0.379. The zero-order valence-electron chi connectivity index (χ0n) is 12.4. The number of aromatic nitrogens is 1. The van der Waals surface area contributed by atoms with Crippen LogP contribution in [0.15, 0.2) is 12.3 Å². The van der Waals surface area contributed by atoms with Gasteiger partial charge < -0.3 is 10.2 Å². The van der Waals surface area contributed by atoms with Crippen LogP contribution < -0.4 is 10.2 Å². The van der Waals surface area contributed by atoms with Crippen LogP contribution in [0, 0.1) is 17.0 Å². The molecule has 2 unspecified atom stereocenters. The molecular formula is C15H22N4O2. The summed E-state index contributed by atoms with van der Waals surface area (Å²) in [6.07, 6.45) is 7.44. The van der Waals surface area contributed by atoms with E-state index in [1.165, 1.54) is 38.3 Å². The summed E-state index contributed by atoms with van der Waals surface area (Å²) in [5.74, 6) is 0.916. The maximum atomic E-state index is 10.9. The summed E-state index contributed by atoms with van der Waals surface area (Å²) in [5, 5.41) is 14.5. The molecule has 0 aromatic carbocycles. The van der Waals surface area contributed by atoms with Gasteiger partial charge in [0.1, 0.15) is 12.0 Å². The molecule has 2 atom stereocenters. The van der Waals surface area contributed by atoms with Crippen LogP contribution in [0.3, 0.4) is 0 Å². The lowest BCUT2D eigenvalue weighted by molar-refractivity contribution is -0.385. The maximum Gasteiger partial charge on any atom is 0.287 e. The van der Waals surface area contributed by atoms with Crippen molar-refractivity contribution in [3.63, 3.8) is 0 Å². The Hall–Kier alpha value is -1.69. The Balaban J connectivity index is 1.87. The van der Waals surface area contributed by atoms with E-state index in [4.69, 9.17) is 0 Å². The summed E-state index contributed by atoms with van der Waals surface area (Å²) in [5.41, 5.74) is 0.970. The second-order valence-electron chi connectivity index (χ2n) is 6.05. The second kappa shape index (κ2) is 5.97. The standard InChI is InChI=1S/C15H22N4O2/c1-11-9-12(19(20)21)10-17-15(11)18-8-3-2-6-14(18)13-5-4-7-16-13/h9-10,13-14,16H,2-8H2,1H3. The fraction of sp³-hybridized carbons (Fsp3) is 0.667. The van der Waals surface area contributed by atoms with Gasteiger partial charge >= 0.3 is 0 Å².